The Kier molecular flexibility index (Phi) is 6.94. The van der Waals surface area contributed by atoms with Crippen LogP contribution < -0.4 is 20.3 Å². The largest absolute Gasteiger partial charge is 0.497 e. The molecule has 39 heavy (non-hydrogen) atoms. The number of anilines is 1. The Labute approximate surface area is 229 Å². The third-order valence-electron chi connectivity index (χ3n) is 6.94. The first-order valence-electron chi connectivity index (χ1n) is 12.4. The number of nitrogens with zero attached hydrogens (tertiary/aromatic N) is 2. The van der Waals surface area contributed by atoms with Crippen LogP contribution in [0.25, 0.3) is 0 Å². The molecule has 0 unspecified atom stereocenters. The summed E-state index contributed by atoms with van der Waals surface area (Å²) in [6.45, 7) is 4.08. The average Bonchev–Trinajstić information content (AvgIpc) is 2.89. The number of ketones is 1. The molecule has 1 aliphatic heterocycles. The minimum absolute atomic E-state index is 0.000727. The molecule has 5 rings (SSSR count). The number of rotatable bonds is 7. The van der Waals surface area contributed by atoms with E-state index in [1.54, 1.807) is 44.6 Å². The van der Waals surface area contributed by atoms with Gasteiger partial charge in [0.2, 0.25) is 0 Å². The van der Waals surface area contributed by atoms with Crippen molar-refractivity contribution in [3.63, 3.8) is 0 Å². The Hall–Kier alpha value is -4.12. The monoisotopic (exact) mass is 548 g/mol. The molecule has 0 spiro atoms. The lowest BCUT2D eigenvalue weighted by Gasteiger charge is -2.38. The van der Waals surface area contributed by atoms with Crippen LogP contribution in [0.1, 0.15) is 49.3 Å². The predicted molar refractivity (Wildman–Crippen MR) is 148 cm³/mol. The van der Waals surface area contributed by atoms with E-state index in [1.165, 1.54) is 23.9 Å². The van der Waals surface area contributed by atoms with Crippen LogP contribution in [0.2, 0.25) is 0 Å². The molecule has 11 heteroatoms. The highest BCUT2D eigenvalue weighted by Gasteiger charge is 2.43. The van der Waals surface area contributed by atoms with Crippen molar-refractivity contribution in [1.29, 1.82) is 0 Å². The van der Waals surface area contributed by atoms with E-state index in [9.17, 15) is 19.7 Å². The second-order valence-electron chi connectivity index (χ2n) is 10.3. The van der Waals surface area contributed by atoms with Gasteiger partial charge in [-0.15, -0.1) is 0 Å². The summed E-state index contributed by atoms with van der Waals surface area (Å²) in [7, 11) is 3.10. The third-order valence-corrected chi connectivity index (χ3v) is 7.89. The zero-order chi connectivity index (χ0) is 27.9. The number of Topliss-reactive ketones (excluding diaryl/α,β-unsaturated/α-hetero) is 1. The normalized spacial score (nSPS) is 17.6. The lowest BCUT2D eigenvalue weighted by Crippen LogP contribution is -2.37. The molecule has 202 valence electrons. The first-order valence-corrected chi connectivity index (χ1v) is 13.3. The van der Waals surface area contributed by atoms with Crippen LogP contribution in [0.5, 0.6) is 11.5 Å². The van der Waals surface area contributed by atoms with Gasteiger partial charge in [0.1, 0.15) is 17.3 Å². The number of nitro benzene ring substituents is 1. The van der Waals surface area contributed by atoms with Gasteiger partial charge in [0.15, 0.2) is 10.9 Å². The van der Waals surface area contributed by atoms with Crippen molar-refractivity contribution < 1.29 is 19.2 Å². The lowest BCUT2D eigenvalue weighted by atomic mass is 9.69. The molecule has 0 saturated heterocycles. The maximum Gasteiger partial charge on any atom is 0.269 e. The number of aromatic amines is 1. The fourth-order valence-corrected chi connectivity index (χ4v) is 6.05. The van der Waals surface area contributed by atoms with Gasteiger partial charge in [-0.3, -0.25) is 19.7 Å². The molecule has 0 bridgehead atoms. The van der Waals surface area contributed by atoms with Crippen LogP contribution in [0.3, 0.4) is 0 Å². The van der Waals surface area contributed by atoms with E-state index in [4.69, 9.17) is 14.5 Å². The van der Waals surface area contributed by atoms with E-state index in [2.05, 4.69) is 10.3 Å². The van der Waals surface area contributed by atoms with Crippen LogP contribution >= 0.6 is 11.8 Å². The van der Waals surface area contributed by atoms with E-state index in [0.29, 0.717) is 57.8 Å². The number of thioether (sulfide) groups is 1. The molecule has 1 atom stereocenters. The van der Waals surface area contributed by atoms with Crippen molar-refractivity contribution in [1.82, 2.24) is 9.97 Å². The van der Waals surface area contributed by atoms with Gasteiger partial charge in [-0.1, -0.05) is 37.7 Å². The summed E-state index contributed by atoms with van der Waals surface area (Å²) in [5.74, 6) is 1.12. The number of hydrogen-bond donors (Lipinski definition) is 2. The first-order chi connectivity index (χ1) is 18.6. The summed E-state index contributed by atoms with van der Waals surface area (Å²) in [6.07, 6.45) is 0.967. The number of fused-ring (bicyclic) bond motifs is 1. The van der Waals surface area contributed by atoms with Crippen LogP contribution in [0.15, 0.2) is 63.7 Å². The SMILES string of the molecule is COc1ccc(OC)c([C@@H]2C3=C(CC(C)(C)CC3=O)Nc3nc(SCc4cccc([N+](=O)[O-])c4)[nH]c(=O)c32)c1. The number of nitrogens with one attached hydrogen (secondary N) is 2. The molecule has 2 aromatic carbocycles. The second kappa shape index (κ2) is 10.2. The highest BCUT2D eigenvalue weighted by atomic mass is 32.2. The van der Waals surface area contributed by atoms with Crippen molar-refractivity contribution in [3.8, 4) is 11.5 Å². The van der Waals surface area contributed by atoms with Crippen molar-refractivity contribution in [2.45, 2.75) is 43.5 Å². The van der Waals surface area contributed by atoms with Crippen LogP contribution in [-0.2, 0) is 10.5 Å². The number of carbonyl (C=O) groups is 1. The van der Waals surface area contributed by atoms with E-state index < -0.39 is 10.8 Å². The van der Waals surface area contributed by atoms with E-state index >= 15 is 0 Å². The first kappa shape index (κ1) is 26.5. The zero-order valence-electron chi connectivity index (χ0n) is 22.0. The number of benzene rings is 2. The number of hydrogen-bond acceptors (Lipinski definition) is 9. The summed E-state index contributed by atoms with van der Waals surface area (Å²) in [5.41, 5.74) is 2.34. The number of methoxy groups -OCH3 is 2. The van der Waals surface area contributed by atoms with Gasteiger partial charge in [-0.25, -0.2) is 4.98 Å². The van der Waals surface area contributed by atoms with Gasteiger partial charge >= 0.3 is 0 Å². The highest BCUT2D eigenvalue weighted by Crippen LogP contribution is 2.49. The Balaban J connectivity index is 1.60. The van der Waals surface area contributed by atoms with Crippen molar-refractivity contribution >= 4 is 29.1 Å². The number of non-ortho nitro benzene ring substituents is 1. The molecule has 0 amide bonds. The number of nitro groups is 1. The van der Waals surface area contributed by atoms with Gasteiger partial charge in [-0.05, 0) is 35.6 Å². The molecule has 1 aromatic heterocycles. The third kappa shape index (κ3) is 5.14. The molecular formula is C28H28N4O6S. The lowest BCUT2D eigenvalue weighted by molar-refractivity contribution is -0.384. The smallest absolute Gasteiger partial charge is 0.269 e. The Morgan fingerprint density at radius 1 is 1.13 bits per heavy atom. The molecule has 0 saturated carbocycles. The van der Waals surface area contributed by atoms with Crippen molar-refractivity contribution in [3.05, 3.63) is 90.9 Å². The van der Waals surface area contributed by atoms with E-state index in [-0.39, 0.29) is 22.4 Å². The van der Waals surface area contributed by atoms with Gasteiger partial charge < -0.3 is 19.8 Å². The summed E-state index contributed by atoms with van der Waals surface area (Å²) in [4.78, 5) is 45.5. The minimum Gasteiger partial charge on any atom is -0.497 e. The highest BCUT2D eigenvalue weighted by molar-refractivity contribution is 7.98. The standard InChI is InChI=1S/C28H28N4O6S/c1-28(2)12-19-23(20(33)13-28)22(18-11-17(37-3)8-9-21(18)38-4)24-25(29-19)30-27(31-26(24)34)39-14-15-6-5-7-16(10-15)32(35)36/h5-11,22H,12-14H2,1-4H3,(H2,29,30,31,34)/t22-/m1/s1. The number of ether oxygens (including phenoxy) is 2. The van der Waals surface area contributed by atoms with Crippen molar-refractivity contribution in [2.75, 3.05) is 19.5 Å². The van der Waals surface area contributed by atoms with Gasteiger partial charge in [-0.2, -0.15) is 0 Å². The molecule has 0 fully saturated rings. The maximum atomic E-state index is 13.6. The Morgan fingerprint density at radius 3 is 2.64 bits per heavy atom. The molecule has 2 heterocycles. The topological polar surface area (TPSA) is 136 Å². The van der Waals surface area contributed by atoms with E-state index in [0.717, 1.165) is 11.3 Å². The fraction of sp³-hybridized carbons (Fsp3) is 0.321. The summed E-state index contributed by atoms with van der Waals surface area (Å²) >= 11 is 1.26. The van der Waals surface area contributed by atoms with Crippen molar-refractivity contribution in [2.24, 2.45) is 5.41 Å². The predicted octanol–water partition coefficient (Wildman–Crippen LogP) is 5.19. The number of carbonyl (C=O) groups excluding carboxylic acids is 1. The Bertz CT molecular complexity index is 1580. The van der Waals surface area contributed by atoms with Gasteiger partial charge in [0, 0.05) is 41.1 Å². The quantitative estimate of drug-likeness (QED) is 0.177. The molecule has 3 aromatic rings. The summed E-state index contributed by atoms with van der Waals surface area (Å²) < 4.78 is 11.1. The van der Waals surface area contributed by atoms with E-state index in [1.807, 2.05) is 13.8 Å². The van der Waals surface area contributed by atoms with Crippen LogP contribution in [0, 0.1) is 15.5 Å². The molecule has 1 aliphatic carbocycles. The Morgan fingerprint density at radius 2 is 1.92 bits per heavy atom. The summed E-state index contributed by atoms with van der Waals surface area (Å²) in [5, 5.41) is 14.8. The van der Waals surface area contributed by atoms with Crippen LogP contribution in [0.4, 0.5) is 11.5 Å². The maximum absolute atomic E-state index is 13.6. The average molecular weight is 549 g/mol. The molecular weight excluding hydrogens is 520 g/mol. The number of H-pyrrole nitrogens is 1. The zero-order valence-corrected chi connectivity index (χ0v) is 22.8. The van der Waals surface area contributed by atoms with Crippen LogP contribution in [-0.4, -0.2) is 34.9 Å². The molecule has 0 radical (unpaired) electrons. The minimum atomic E-state index is -0.697. The molecule has 2 aliphatic rings. The number of allylic oxidation sites excluding steroid dienone is 2. The van der Waals surface area contributed by atoms with Gasteiger partial charge in [0.05, 0.1) is 30.6 Å². The molecule has 10 nitrogen and oxygen atoms in total. The molecule has 2 N–H and O–H groups in total. The summed E-state index contributed by atoms with van der Waals surface area (Å²) in [6, 6.07) is 11.7. The van der Waals surface area contributed by atoms with Gasteiger partial charge in [0.25, 0.3) is 11.2 Å². The fourth-order valence-electron chi connectivity index (χ4n) is 5.25. The number of aromatic nitrogens is 2. The second-order valence-corrected chi connectivity index (χ2v) is 11.3.